The fraction of sp³-hybridized carbons (Fsp3) is 0.0909. The maximum absolute atomic E-state index is 13.6. The lowest BCUT2D eigenvalue weighted by Gasteiger charge is -2.08. The van der Waals surface area contributed by atoms with Crippen LogP contribution in [0.2, 0.25) is 0 Å². The summed E-state index contributed by atoms with van der Waals surface area (Å²) < 4.78 is 52.8. The van der Waals surface area contributed by atoms with Gasteiger partial charge < -0.3 is 5.11 Å². The van der Waals surface area contributed by atoms with Gasteiger partial charge >= 0.3 is 0 Å². The summed E-state index contributed by atoms with van der Waals surface area (Å²) in [4.78, 5) is 0.335. The van der Waals surface area contributed by atoms with Crippen LogP contribution in [0.1, 0.15) is 4.88 Å². The van der Waals surface area contributed by atoms with E-state index in [-0.39, 0.29) is 16.0 Å². The number of nitrogens with one attached hydrogen (secondary N) is 1. The van der Waals surface area contributed by atoms with Crippen LogP contribution >= 0.6 is 27.3 Å². The van der Waals surface area contributed by atoms with Crippen LogP contribution in [0.3, 0.4) is 0 Å². The van der Waals surface area contributed by atoms with E-state index in [2.05, 4.69) is 15.9 Å². The summed E-state index contributed by atoms with van der Waals surface area (Å²) in [6, 6.07) is 2.84. The van der Waals surface area contributed by atoms with Crippen molar-refractivity contribution in [2.24, 2.45) is 0 Å². The van der Waals surface area contributed by atoms with Gasteiger partial charge in [-0.3, -0.25) is 4.72 Å². The molecule has 108 valence electrons. The Bertz CT molecular complexity index is 746. The van der Waals surface area contributed by atoms with E-state index in [4.69, 9.17) is 5.11 Å². The lowest BCUT2D eigenvalue weighted by atomic mass is 10.3. The Morgan fingerprint density at radius 1 is 1.25 bits per heavy atom. The Hall–Kier alpha value is -1.03. The minimum atomic E-state index is -4.03. The van der Waals surface area contributed by atoms with Crippen molar-refractivity contribution >= 4 is 43.0 Å². The van der Waals surface area contributed by atoms with Gasteiger partial charge in [0.05, 0.1) is 21.7 Å². The van der Waals surface area contributed by atoms with Crippen LogP contribution in [0.25, 0.3) is 0 Å². The molecule has 1 heterocycles. The van der Waals surface area contributed by atoms with Gasteiger partial charge in [0, 0.05) is 16.3 Å². The number of anilines is 1. The molecule has 4 nitrogen and oxygen atoms in total. The molecule has 0 saturated carbocycles. The Morgan fingerprint density at radius 3 is 2.55 bits per heavy atom. The van der Waals surface area contributed by atoms with Crippen LogP contribution in [-0.2, 0) is 16.6 Å². The van der Waals surface area contributed by atoms with Gasteiger partial charge in [0.25, 0.3) is 10.0 Å². The van der Waals surface area contributed by atoms with E-state index in [1.807, 2.05) is 4.72 Å². The van der Waals surface area contributed by atoms with Crippen LogP contribution in [0.4, 0.5) is 14.5 Å². The van der Waals surface area contributed by atoms with Crippen molar-refractivity contribution in [1.82, 2.24) is 0 Å². The molecule has 2 N–H and O–H groups in total. The number of sulfonamides is 1. The third kappa shape index (κ3) is 3.17. The standard InChI is InChI=1S/C11H8BrF2NO3S2/c12-8-2-10(14)11(3-9(8)13)15-20(17,18)7-1-6(4-16)19-5-7/h1-3,5,15-16H,4H2. The number of hydrogen-bond acceptors (Lipinski definition) is 4. The molecule has 2 aromatic rings. The predicted molar refractivity (Wildman–Crippen MR) is 75.1 cm³/mol. The van der Waals surface area contributed by atoms with E-state index in [9.17, 15) is 17.2 Å². The summed E-state index contributed by atoms with van der Waals surface area (Å²) in [6.45, 7) is -0.290. The molecule has 2 rings (SSSR count). The summed E-state index contributed by atoms with van der Waals surface area (Å²) in [5, 5.41) is 10.2. The first-order valence-corrected chi connectivity index (χ1v) is 8.34. The highest BCUT2D eigenvalue weighted by Gasteiger charge is 2.19. The minimum Gasteiger partial charge on any atom is -0.391 e. The first-order valence-electron chi connectivity index (χ1n) is 5.19. The molecule has 0 fully saturated rings. The first kappa shape index (κ1) is 15.4. The smallest absolute Gasteiger partial charge is 0.262 e. The molecule has 0 spiro atoms. The largest absolute Gasteiger partial charge is 0.391 e. The normalized spacial score (nSPS) is 11.6. The summed E-state index contributed by atoms with van der Waals surface area (Å²) >= 11 is 3.85. The van der Waals surface area contributed by atoms with Gasteiger partial charge in [-0.25, -0.2) is 17.2 Å². The molecular formula is C11H8BrF2NO3S2. The minimum absolute atomic E-state index is 0.101. The topological polar surface area (TPSA) is 66.4 Å². The Kier molecular flexibility index (Phi) is 4.43. The number of aliphatic hydroxyl groups excluding tert-OH is 1. The van der Waals surface area contributed by atoms with Gasteiger partial charge in [-0.15, -0.1) is 11.3 Å². The fourth-order valence-corrected chi connectivity index (χ4v) is 3.90. The average Bonchev–Trinajstić information content (AvgIpc) is 2.85. The van der Waals surface area contributed by atoms with Crippen molar-refractivity contribution in [3.63, 3.8) is 0 Å². The third-order valence-electron chi connectivity index (χ3n) is 2.35. The second kappa shape index (κ2) is 5.76. The number of aliphatic hydroxyl groups is 1. The summed E-state index contributed by atoms with van der Waals surface area (Å²) in [7, 11) is -4.03. The maximum atomic E-state index is 13.6. The molecule has 0 aliphatic carbocycles. The third-order valence-corrected chi connectivity index (χ3v) is 5.37. The molecular weight excluding hydrogens is 376 g/mol. The summed E-state index contributed by atoms with van der Waals surface area (Å²) in [6.07, 6.45) is 0. The number of rotatable bonds is 4. The van der Waals surface area contributed by atoms with Crippen LogP contribution < -0.4 is 4.72 Å². The highest BCUT2D eigenvalue weighted by atomic mass is 79.9. The molecule has 0 unspecified atom stereocenters. The molecule has 20 heavy (non-hydrogen) atoms. The van der Waals surface area contributed by atoms with Crippen LogP contribution in [-0.4, -0.2) is 13.5 Å². The van der Waals surface area contributed by atoms with Gasteiger partial charge in [0.1, 0.15) is 11.6 Å². The van der Waals surface area contributed by atoms with Gasteiger partial charge in [-0.1, -0.05) is 0 Å². The van der Waals surface area contributed by atoms with Crippen molar-refractivity contribution in [2.75, 3.05) is 4.72 Å². The van der Waals surface area contributed by atoms with Gasteiger partial charge in [0.15, 0.2) is 0 Å². The van der Waals surface area contributed by atoms with E-state index >= 15 is 0 Å². The Morgan fingerprint density at radius 2 is 1.95 bits per heavy atom. The Balaban J connectivity index is 2.35. The second-order valence-electron chi connectivity index (χ2n) is 3.76. The molecule has 0 saturated heterocycles. The SMILES string of the molecule is O=S(=O)(Nc1cc(F)c(Br)cc1F)c1csc(CO)c1. The molecule has 0 aliphatic heterocycles. The second-order valence-corrected chi connectivity index (χ2v) is 7.29. The highest BCUT2D eigenvalue weighted by molar-refractivity contribution is 9.10. The number of halogens is 3. The van der Waals surface area contributed by atoms with E-state index in [1.165, 1.54) is 11.4 Å². The molecule has 0 radical (unpaired) electrons. The van der Waals surface area contributed by atoms with Gasteiger partial charge in [-0.05, 0) is 28.1 Å². The lowest BCUT2D eigenvalue weighted by Crippen LogP contribution is -2.13. The molecule has 1 aromatic carbocycles. The van der Waals surface area contributed by atoms with E-state index in [1.54, 1.807) is 0 Å². The van der Waals surface area contributed by atoms with E-state index in [0.29, 0.717) is 4.88 Å². The molecule has 0 bridgehead atoms. The molecule has 0 atom stereocenters. The zero-order valence-corrected chi connectivity index (χ0v) is 12.9. The molecule has 9 heteroatoms. The van der Waals surface area contributed by atoms with E-state index < -0.39 is 27.3 Å². The zero-order chi connectivity index (χ0) is 14.9. The van der Waals surface area contributed by atoms with Crippen molar-refractivity contribution in [3.8, 4) is 0 Å². The average molecular weight is 384 g/mol. The number of thiophene rings is 1. The zero-order valence-electron chi connectivity index (χ0n) is 9.73. The van der Waals surface area contributed by atoms with Crippen LogP contribution in [0, 0.1) is 11.6 Å². The van der Waals surface area contributed by atoms with Crippen molar-refractivity contribution in [1.29, 1.82) is 0 Å². The highest BCUT2D eigenvalue weighted by Crippen LogP contribution is 2.27. The fourth-order valence-electron chi connectivity index (χ4n) is 1.39. The van der Waals surface area contributed by atoms with E-state index in [0.717, 1.165) is 23.5 Å². The predicted octanol–water partition coefficient (Wildman–Crippen LogP) is 3.08. The van der Waals surface area contributed by atoms with Gasteiger partial charge in [0.2, 0.25) is 0 Å². The molecule has 0 amide bonds. The van der Waals surface area contributed by atoms with Crippen LogP contribution in [0.5, 0.6) is 0 Å². The van der Waals surface area contributed by atoms with Crippen molar-refractivity contribution in [2.45, 2.75) is 11.5 Å². The van der Waals surface area contributed by atoms with Crippen molar-refractivity contribution < 1.29 is 22.3 Å². The Labute approximate surface area is 126 Å². The quantitative estimate of drug-likeness (QED) is 0.797. The summed E-state index contributed by atoms with van der Waals surface area (Å²) in [5.74, 6) is -1.69. The van der Waals surface area contributed by atoms with Gasteiger partial charge in [-0.2, -0.15) is 0 Å². The molecule has 1 aromatic heterocycles. The first-order chi connectivity index (χ1) is 9.33. The molecule has 0 aliphatic rings. The maximum Gasteiger partial charge on any atom is 0.262 e. The number of hydrogen-bond donors (Lipinski definition) is 2. The number of benzene rings is 1. The van der Waals surface area contributed by atoms with Crippen LogP contribution in [0.15, 0.2) is 32.9 Å². The van der Waals surface area contributed by atoms with Crippen molar-refractivity contribution in [3.05, 3.63) is 44.6 Å². The lowest BCUT2D eigenvalue weighted by molar-refractivity contribution is 0.285. The summed E-state index contributed by atoms with van der Waals surface area (Å²) in [5.41, 5.74) is -0.484. The monoisotopic (exact) mass is 383 g/mol.